The standard InChI is InChI=1S/C17H21NO5S/c1-12-10-14(7-9-15(12)21-3)24(19,20)18(2)13-6-8-16(22-4)17(11-13)23-5/h6-11H,1-5H3. The zero-order valence-electron chi connectivity index (χ0n) is 14.4. The molecule has 0 aliphatic rings. The van der Waals surface area contributed by atoms with Gasteiger partial charge in [-0.1, -0.05) is 0 Å². The quantitative estimate of drug-likeness (QED) is 0.801. The number of sulfonamides is 1. The number of methoxy groups -OCH3 is 3. The topological polar surface area (TPSA) is 65.1 Å². The number of hydrogen-bond donors (Lipinski definition) is 0. The second-order valence-corrected chi connectivity index (χ2v) is 7.11. The molecule has 6 nitrogen and oxygen atoms in total. The van der Waals surface area contributed by atoms with Crippen molar-refractivity contribution in [1.29, 1.82) is 0 Å². The number of anilines is 1. The summed E-state index contributed by atoms with van der Waals surface area (Å²) >= 11 is 0. The maximum absolute atomic E-state index is 12.9. The average molecular weight is 351 g/mol. The van der Waals surface area contributed by atoms with E-state index in [1.807, 2.05) is 0 Å². The van der Waals surface area contributed by atoms with Gasteiger partial charge in [0.2, 0.25) is 0 Å². The van der Waals surface area contributed by atoms with Crippen molar-refractivity contribution in [3.8, 4) is 17.2 Å². The van der Waals surface area contributed by atoms with Gasteiger partial charge in [0.25, 0.3) is 10.0 Å². The molecule has 2 rings (SSSR count). The van der Waals surface area contributed by atoms with Crippen LogP contribution in [0.15, 0.2) is 41.3 Å². The first-order chi connectivity index (χ1) is 11.3. The molecule has 0 atom stereocenters. The molecular weight excluding hydrogens is 330 g/mol. The molecule has 0 radical (unpaired) electrons. The lowest BCUT2D eigenvalue weighted by molar-refractivity contribution is 0.355. The first kappa shape index (κ1) is 17.9. The van der Waals surface area contributed by atoms with Crippen LogP contribution in [0.1, 0.15) is 5.56 Å². The highest BCUT2D eigenvalue weighted by Gasteiger charge is 2.23. The summed E-state index contributed by atoms with van der Waals surface area (Å²) in [7, 11) is 2.37. The molecular formula is C17H21NO5S. The van der Waals surface area contributed by atoms with Crippen molar-refractivity contribution in [2.75, 3.05) is 32.7 Å². The lowest BCUT2D eigenvalue weighted by Crippen LogP contribution is -2.26. The Labute approximate surface area is 142 Å². The summed E-state index contributed by atoms with van der Waals surface area (Å²) in [5, 5.41) is 0. The van der Waals surface area contributed by atoms with Gasteiger partial charge in [-0.3, -0.25) is 4.31 Å². The van der Waals surface area contributed by atoms with Gasteiger partial charge in [0.1, 0.15) is 5.75 Å². The van der Waals surface area contributed by atoms with Crippen molar-refractivity contribution in [3.05, 3.63) is 42.0 Å². The van der Waals surface area contributed by atoms with Crippen LogP contribution in [0.2, 0.25) is 0 Å². The molecule has 0 saturated carbocycles. The van der Waals surface area contributed by atoms with Crippen LogP contribution in [-0.2, 0) is 10.0 Å². The van der Waals surface area contributed by atoms with Gasteiger partial charge in [-0.2, -0.15) is 0 Å². The van der Waals surface area contributed by atoms with Crippen LogP contribution in [0.25, 0.3) is 0 Å². The third-order valence-electron chi connectivity index (χ3n) is 3.76. The van der Waals surface area contributed by atoms with E-state index in [9.17, 15) is 8.42 Å². The number of benzene rings is 2. The van der Waals surface area contributed by atoms with Crippen LogP contribution in [0.5, 0.6) is 17.2 Å². The van der Waals surface area contributed by atoms with E-state index in [-0.39, 0.29) is 4.90 Å². The van der Waals surface area contributed by atoms with E-state index in [2.05, 4.69) is 0 Å². The predicted molar refractivity (Wildman–Crippen MR) is 92.9 cm³/mol. The molecule has 0 spiro atoms. The van der Waals surface area contributed by atoms with E-state index in [4.69, 9.17) is 14.2 Å². The van der Waals surface area contributed by atoms with Crippen molar-refractivity contribution >= 4 is 15.7 Å². The van der Waals surface area contributed by atoms with Crippen molar-refractivity contribution < 1.29 is 22.6 Å². The molecule has 7 heteroatoms. The van der Waals surface area contributed by atoms with Gasteiger partial charge in [-0.05, 0) is 42.8 Å². The van der Waals surface area contributed by atoms with Gasteiger partial charge in [0.15, 0.2) is 11.5 Å². The summed E-state index contributed by atoms with van der Waals surface area (Å²) < 4.78 is 42.5. The number of ether oxygens (including phenoxy) is 3. The van der Waals surface area contributed by atoms with E-state index < -0.39 is 10.0 Å². The molecule has 0 unspecified atom stereocenters. The summed E-state index contributed by atoms with van der Waals surface area (Å²) in [4.78, 5) is 0.193. The summed E-state index contributed by atoms with van der Waals surface area (Å²) in [5.41, 5.74) is 1.22. The van der Waals surface area contributed by atoms with Crippen LogP contribution >= 0.6 is 0 Å². The third-order valence-corrected chi connectivity index (χ3v) is 5.54. The Morgan fingerprint density at radius 3 is 1.96 bits per heavy atom. The highest BCUT2D eigenvalue weighted by molar-refractivity contribution is 7.92. The molecule has 0 heterocycles. The van der Waals surface area contributed by atoms with Crippen molar-refractivity contribution in [3.63, 3.8) is 0 Å². The maximum atomic E-state index is 12.9. The number of hydrogen-bond acceptors (Lipinski definition) is 5. The molecule has 2 aromatic rings. The van der Waals surface area contributed by atoms with Gasteiger partial charge in [0.05, 0.1) is 31.9 Å². The van der Waals surface area contributed by atoms with Crippen LogP contribution in [0.4, 0.5) is 5.69 Å². The van der Waals surface area contributed by atoms with Gasteiger partial charge < -0.3 is 14.2 Å². The lowest BCUT2D eigenvalue weighted by Gasteiger charge is -2.21. The Balaban J connectivity index is 2.44. The second-order valence-electron chi connectivity index (χ2n) is 5.14. The predicted octanol–water partition coefficient (Wildman–Crippen LogP) is 2.85. The van der Waals surface area contributed by atoms with E-state index in [0.717, 1.165) is 5.56 Å². The van der Waals surface area contributed by atoms with Crippen molar-refractivity contribution in [2.24, 2.45) is 0 Å². The fourth-order valence-electron chi connectivity index (χ4n) is 2.33. The minimum absolute atomic E-state index is 0.193. The Kier molecular flexibility index (Phi) is 5.23. The Morgan fingerprint density at radius 1 is 0.833 bits per heavy atom. The van der Waals surface area contributed by atoms with Crippen LogP contribution in [0, 0.1) is 6.92 Å². The molecule has 0 amide bonds. The summed E-state index contributed by atoms with van der Waals surface area (Å²) in [6, 6.07) is 9.70. The first-order valence-electron chi connectivity index (χ1n) is 7.20. The third kappa shape index (κ3) is 3.26. The van der Waals surface area contributed by atoms with E-state index in [0.29, 0.717) is 22.9 Å². The molecule has 0 bridgehead atoms. The molecule has 24 heavy (non-hydrogen) atoms. The molecule has 2 aromatic carbocycles. The monoisotopic (exact) mass is 351 g/mol. The summed E-state index contributed by atoms with van der Waals surface area (Å²) in [6.07, 6.45) is 0. The normalized spacial score (nSPS) is 11.0. The van der Waals surface area contributed by atoms with E-state index in [1.165, 1.54) is 31.6 Å². The highest BCUT2D eigenvalue weighted by Crippen LogP contribution is 2.33. The molecule has 130 valence electrons. The Bertz CT molecular complexity index is 833. The van der Waals surface area contributed by atoms with Crippen LogP contribution < -0.4 is 18.5 Å². The second kappa shape index (κ2) is 7.00. The molecule has 0 saturated heterocycles. The molecule has 0 aliphatic heterocycles. The summed E-state index contributed by atoms with van der Waals surface area (Å²) in [5.74, 6) is 1.64. The Hall–Kier alpha value is -2.41. The first-order valence-corrected chi connectivity index (χ1v) is 8.64. The van der Waals surface area contributed by atoms with Gasteiger partial charge in [-0.15, -0.1) is 0 Å². The smallest absolute Gasteiger partial charge is 0.264 e. The fraction of sp³-hybridized carbons (Fsp3) is 0.294. The zero-order valence-corrected chi connectivity index (χ0v) is 15.2. The average Bonchev–Trinajstić information content (AvgIpc) is 2.60. The SMILES string of the molecule is COc1ccc(S(=O)(=O)N(C)c2ccc(OC)c(OC)c2)cc1C. The van der Waals surface area contributed by atoms with Crippen molar-refractivity contribution in [1.82, 2.24) is 0 Å². The summed E-state index contributed by atoms with van der Waals surface area (Å²) in [6.45, 7) is 1.80. The lowest BCUT2D eigenvalue weighted by atomic mass is 10.2. The van der Waals surface area contributed by atoms with Gasteiger partial charge in [0, 0.05) is 13.1 Å². The largest absolute Gasteiger partial charge is 0.496 e. The van der Waals surface area contributed by atoms with Gasteiger partial charge in [-0.25, -0.2) is 8.42 Å². The number of nitrogens with zero attached hydrogens (tertiary/aromatic N) is 1. The van der Waals surface area contributed by atoms with E-state index in [1.54, 1.807) is 44.4 Å². The minimum Gasteiger partial charge on any atom is -0.496 e. The minimum atomic E-state index is -3.70. The Morgan fingerprint density at radius 2 is 1.42 bits per heavy atom. The molecule has 0 N–H and O–H groups in total. The number of aryl methyl sites for hydroxylation is 1. The van der Waals surface area contributed by atoms with Crippen LogP contribution in [-0.4, -0.2) is 36.8 Å². The molecule has 0 fully saturated rings. The van der Waals surface area contributed by atoms with Crippen LogP contribution in [0.3, 0.4) is 0 Å². The zero-order chi connectivity index (χ0) is 17.9. The highest BCUT2D eigenvalue weighted by atomic mass is 32.2. The molecule has 0 aromatic heterocycles. The van der Waals surface area contributed by atoms with Gasteiger partial charge >= 0.3 is 0 Å². The van der Waals surface area contributed by atoms with E-state index >= 15 is 0 Å². The van der Waals surface area contributed by atoms with Crippen molar-refractivity contribution in [2.45, 2.75) is 11.8 Å². The maximum Gasteiger partial charge on any atom is 0.264 e. The fourth-order valence-corrected chi connectivity index (χ4v) is 3.60. The molecule has 0 aliphatic carbocycles. The number of rotatable bonds is 6.